The molecule has 1 aromatic carbocycles. The highest BCUT2D eigenvalue weighted by Crippen LogP contribution is 2.24. The number of hydrogen-bond donors (Lipinski definition) is 1. The van der Waals surface area contributed by atoms with E-state index >= 15 is 0 Å². The van der Waals surface area contributed by atoms with Crippen molar-refractivity contribution in [2.75, 3.05) is 0 Å². The summed E-state index contributed by atoms with van der Waals surface area (Å²) in [6.45, 7) is 1.99. The molecule has 0 amide bonds. The normalized spacial score (nSPS) is 10.8. The molecule has 0 atom stereocenters. The third-order valence-corrected chi connectivity index (χ3v) is 4.10. The predicted molar refractivity (Wildman–Crippen MR) is 76.4 cm³/mol. The molecule has 2 nitrogen and oxygen atoms in total. The maximum atomic E-state index is 13.3. The average Bonchev–Trinajstić information content (AvgIpc) is 2.40. The van der Waals surface area contributed by atoms with Crippen molar-refractivity contribution in [3.63, 3.8) is 0 Å². The van der Waals surface area contributed by atoms with E-state index in [2.05, 4.69) is 25.9 Å². The maximum absolute atomic E-state index is 13.3. The first kappa shape index (κ1) is 15.2. The minimum Gasteiger partial charge on any atom is -0.342 e. The summed E-state index contributed by atoms with van der Waals surface area (Å²) in [5.74, 6) is -3.82. The topological polar surface area (TPSA) is 28.7 Å². The molecule has 106 valence electrons. The van der Waals surface area contributed by atoms with E-state index in [0.717, 1.165) is 24.2 Å². The monoisotopic (exact) mass is 362 g/mol. The molecule has 2 rings (SSSR count). The highest BCUT2D eigenvalue weighted by Gasteiger charge is 2.14. The van der Waals surface area contributed by atoms with Gasteiger partial charge in [-0.05, 0) is 34.5 Å². The molecule has 0 aliphatic rings. The fourth-order valence-corrected chi connectivity index (χ4v) is 2.36. The Bertz CT molecular complexity index is 692. The lowest BCUT2D eigenvalue weighted by molar-refractivity contribution is 0.447. The number of rotatable bonds is 3. The summed E-state index contributed by atoms with van der Waals surface area (Å²) >= 11 is 8.42. The van der Waals surface area contributed by atoms with Crippen LogP contribution in [0, 0.1) is 22.1 Å². The predicted octanol–water partition coefficient (Wildman–Crippen LogP) is 4.94. The standard InChI is InChI=1S/C13H10BrF3N2S/c1-2-3-9-10(14)13(20)19-12(18-9)6-4-7(15)11(17)8(16)5-6/h4-5H,2-3H2,1H3,(H,18,19,20). The number of nitrogens with one attached hydrogen (secondary N) is 1. The Labute approximate surface area is 127 Å². The van der Waals surface area contributed by atoms with Crippen molar-refractivity contribution in [2.45, 2.75) is 19.8 Å². The fourth-order valence-electron chi connectivity index (χ4n) is 1.76. The van der Waals surface area contributed by atoms with Crippen LogP contribution in [0.3, 0.4) is 0 Å². The average molecular weight is 363 g/mol. The van der Waals surface area contributed by atoms with Crippen molar-refractivity contribution in [1.29, 1.82) is 0 Å². The number of aromatic amines is 1. The number of nitrogens with zero attached hydrogens (tertiary/aromatic N) is 1. The van der Waals surface area contributed by atoms with Gasteiger partial charge in [0, 0.05) is 11.3 Å². The largest absolute Gasteiger partial charge is 0.342 e. The van der Waals surface area contributed by atoms with Crippen LogP contribution in [-0.4, -0.2) is 9.97 Å². The van der Waals surface area contributed by atoms with Crippen molar-refractivity contribution < 1.29 is 13.2 Å². The summed E-state index contributed by atoms with van der Waals surface area (Å²) in [5, 5.41) is 0. The number of hydrogen-bond acceptors (Lipinski definition) is 2. The van der Waals surface area contributed by atoms with Crippen LogP contribution in [0.15, 0.2) is 16.6 Å². The zero-order valence-corrected chi connectivity index (χ0v) is 12.8. The molecule has 0 aliphatic carbocycles. The van der Waals surface area contributed by atoms with E-state index < -0.39 is 17.5 Å². The van der Waals surface area contributed by atoms with Crippen molar-refractivity contribution in [1.82, 2.24) is 9.97 Å². The van der Waals surface area contributed by atoms with Crippen molar-refractivity contribution in [3.05, 3.63) is 44.4 Å². The van der Waals surface area contributed by atoms with Gasteiger partial charge in [0.1, 0.15) is 10.5 Å². The van der Waals surface area contributed by atoms with E-state index in [1.807, 2.05) is 6.92 Å². The van der Waals surface area contributed by atoms with Gasteiger partial charge in [0.15, 0.2) is 17.5 Å². The van der Waals surface area contributed by atoms with Gasteiger partial charge < -0.3 is 4.98 Å². The molecule has 1 N–H and O–H groups in total. The van der Waals surface area contributed by atoms with Crippen molar-refractivity contribution >= 4 is 28.1 Å². The number of H-pyrrole nitrogens is 1. The summed E-state index contributed by atoms with van der Waals surface area (Å²) in [6.07, 6.45) is 1.56. The van der Waals surface area contributed by atoms with Gasteiger partial charge in [-0.1, -0.05) is 25.6 Å². The molecule has 0 bridgehead atoms. The first-order chi connectivity index (χ1) is 9.43. The molecule has 1 heterocycles. The third kappa shape index (κ3) is 2.93. The minimum absolute atomic E-state index is 0.109. The summed E-state index contributed by atoms with van der Waals surface area (Å²) < 4.78 is 40.4. The summed E-state index contributed by atoms with van der Waals surface area (Å²) in [5.41, 5.74) is 0.894. The second-order valence-electron chi connectivity index (χ2n) is 4.19. The van der Waals surface area contributed by atoms with Crippen LogP contribution in [0.25, 0.3) is 11.4 Å². The summed E-state index contributed by atoms with van der Waals surface area (Å²) in [4.78, 5) is 7.02. The molecule has 0 spiro atoms. The number of aromatic nitrogens is 2. The van der Waals surface area contributed by atoms with E-state index in [9.17, 15) is 13.2 Å². The van der Waals surface area contributed by atoms with E-state index in [1.165, 1.54) is 0 Å². The van der Waals surface area contributed by atoms with Crippen LogP contribution in [0.4, 0.5) is 13.2 Å². The quantitative estimate of drug-likeness (QED) is 0.618. The Balaban J connectivity index is 2.61. The Morgan fingerprint density at radius 3 is 2.40 bits per heavy atom. The van der Waals surface area contributed by atoms with Gasteiger partial charge in [-0.15, -0.1) is 0 Å². The molecule has 1 aromatic heterocycles. The van der Waals surface area contributed by atoms with E-state index in [4.69, 9.17) is 12.2 Å². The Morgan fingerprint density at radius 2 is 1.85 bits per heavy atom. The van der Waals surface area contributed by atoms with Crippen LogP contribution < -0.4 is 0 Å². The Hall–Kier alpha value is -1.21. The van der Waals surface area contributed by atoms with Gasteiger partial charge in [-0.3, -0.25) is 0 Å². The second-order valence-corrected chi connectivity index (χ2v) is 5.37. The number of aryl methyl sites for hydroxylation is 1. The Morgan fingerprint density at radius 1 is 1.25 bits per heavy atom. The van der Waals surface area contributed by atoms with Gasteiger partial charge in [0.2, 0.25) is 0 Å². The van der Waals surface area contributed by atoms with Gasteiger partial charge in [-0.25, -0.2) is 18.2 Å². The lowest BCUT2D eigenvalue weighted by atomic mass is 10.1. The van der Waals surface area contributed by atoms with E-state index in [0.29, 0.717) is 10.9 Å². The molecule has 0 radical (unpaired) electrons. The van der Waals surface area contributed by atoms with Crippen LogP contribution in [-0.2, 0) is 6.42 Å². The van der Waals surface area contributed by atoms with Crippen LogP contribution >= 0.6 is 28.1 Å². The zero-order chi connectivity index (χ0) is 14.9. The molecule has 0 unspecified atom stereocenters. The molecule has 2 aromatic rings. The molecule has 7 heteroatoms. The first-order valence-electron chi connectivity index (χ1n) is 5.87. The van der Waals surface area contributed by atoms with Gasteiger partial charge in [0.25, 0.3) is 0 Å². The van der Waals surface area contributed by atoms with E-state index in [1.54, 1.807) is 0 Å². The molecule has 0 fully saturated rings. The Kier molecular flexibility index (Phi) is 4.59. The second kappa shape index (κ2) is 6.05. The van der Waals surface area contributed by atoms with Crippen LogP contribution in [0.5, 0.6) is 0 Å². The third-order valence-electron chi connectivity index (χ3n) is 2.69. The molecule has 0 saturated heterocycles. The summed E-state index contributed by atoms with van der Waals surface area (Å²) in [7, 11) is 0. The van der Waals surface area contributed by atoms with Crippen LogP contribution in [0.1, 0.15) is 19.0 Å². The highest BCUT2D eigenvalue weighted by molar-refractivity contribution is 9.10. The van der Waals surface area contributed by atoms with Crippen LogP contribution in [0.2, 0.25) is 0 Å². The SMILES string of the molecule is CCCc1[nH]c(-c2cc(F)c(F)c(F)c2)nc(=S)c1Br. The maximum Gasteiger partial charge on any atom is 0.194 e. The lowest BCUT2D eigenvalue weighted by Gasteiger charge is -2.08. The zero-order valence-electron chi connectivity index (χ0n) is 10.4. The first-order valence-corrected chi connectivity index (χ1v) is 7.07. The van der Waals surface area contributed by atoms with Crippen molar-refractivity contribution in [2.24, 2.45) is 0 Å². The minimum atomic E-state index is -1.50. The molecule has 0 saturated carbocycles. The summed E-state index contributed by atoms with van der Waals surface area (Å²) in [6, 6.07) is 1.77. The van der Waals surface area contributed by atoms with Gasteiger partial charge in [0.05, 0.1) is 4.47 Å². The lowest BCUT2D eigenvalue weighted by Crippen LogP contribution is -2.00. The van der Waals surface area contributed by atoms with Gasteiger partial charge in [-0.2, -0.15) is 0 Å². The smallest absolute Gasteiger partial charge is 0.194 e. The number of halogens is 4. The number of benzene rings is 1. The van der Waals surface area contributed by atoms with Crippen molar-refractivity contribution in [3.8, 4) is 11.4 Å². The molecular formula is C13H10BrF3N2S. The molecule has 0 aliphatic heterocycles. The fraction of sp³-hybridized carbons (Fsp3) is 0.231. The highest BCUT2D eigenvalue weighted by atomic mass is 79.9. The molecular weight excluding hydrogens is 353 g/mol. The van der Waals surface area contributed by atoms with Gasteiger partial charge >= 0.3 is 0 Å². The van der Waals surface area contributed by atoms with E-state index in [-0.39, 0.29) is 16.0 Å². The molecule has 20 heavy (non-hydrogen) atoms.